The molecule has 1 heterocycles. The summed E-state index contributed by atoms with van der Waals surface area (Å²) in [4.78, 5) is 2.48. The summed E-state index contributed by atoms with van der Waals surface area (Å²) in [6.45, 7) is 3.40. The van der Waals surface area contributed by atoms with Gasteiger partial charge in [0.15, 0.2) is 0 Å². The number of hydrogen-bond donors (Lipinski definition) is 2. The average Bonchev–Trinajstić information content (AvgIpc) is 2.98. The zero-order valence-corrected chi connectivity index (χ0v) is 12.8. The van der Waals surface area contributed by atoms with Crippen molar-refractivity contribution in [1.82, 2.24) is 9.62 Å². The molecule has 1 aliphatic rings. The average molecular weight is 314 g/mol. The summed E-state index contributed by atoms with van der Waals surface area (Å²) in [5.41, 5.74) is 0. The van der Waals surface area contributed by atoms with Crippen LogP contribution in [0, 0.1) is 0 Å². The second-order valence-electron chi connectivity index (χ2n) is 4.99. The molecule has 1 aliphatic heterocycles. The third-order valence-electron chi connectivity index (χ3n) is 3.41. The molecule has 1 saturated heterocycles. The summed E-state index contributed by atoms with van der Waals surface area (Å²) in [5, 5.41) is 8.66. The minimum atomic E-state index is -3.47. The van der Waals surface area contributed by atoms with Crippen LogP contribution < -0.4 is 9.46 Å². The van der Waals surface area contributed by atoms with Gasteiger partial charge in [0.25, 0.3) is 0 Å². The molecular weight excluding hydrogens is 292 g/mol. The van der Waals surface area contributed by atoms with Gasteiger partial charge in [-0.1, -0.05) is 0 Å². The van der Waals surface area contributed by atoms with Crippen molar-refractivity contribution in [1.29, 1.82) is 0 Å². The summed E-state index contributed by atoms with van der Waals surface area (Å²) in [6, 6.07) is 6.19. The molecule has 21 heavy (non-hydrogen) atoms. The number of aliphatic hydroxyl groups excluding tert-OH is 1. The fourth-order valence-electron chi connectivity index (χ4n) is 2.31. The lowest BCUT2D eigenvalue weighted by Crippen LogP contribution is -2.33. The lowest BCUT2D eigenvalue weighted by atomic mass is 10.3. The van der Waals surface area contributed by atoms with Crippen LogP contribution in [0.25, 0.3) is 0 Å². The van der Waals surface area contributed by atoms with E-state index in [1.165, 1.54) is 25.0 Å². The van der Waals surface area contributed by atoms with Crippen LogP contribution in [0.1, 0.15) is 12.8 Å². The van der Waals surface area contributed by atoms with Crippen LogP contribution in [0.3, 0.4) is 0 Å². The fourth-order valence-corrected chi connectivity index (χ4v) is 3.33. The van der Waals surface area contributed by atoms with Crippen molar-refractivity contribution in [2.24, 2.45) is 0 Å². The number of nitrogens with one attached hydrogen (secondary N) is 1. The van der Waals surface area contributed by atoms with Gasteiger partial charge in [0, 0.05) is 13.1 Å². The van der Waals surface area contributed by atoms with E-state index in [1.54, 1.807) is 12.1 Å². The van der Waals surface area contributed by atoms with E-state index in [0.717, 1.165) is 19.6 Å². The first-order chi connectivity index (χ1) is 10.1. The van der Waals surface area contributed by atoms with Gasteiger partial charge in [0.2, 0.25) is 10.0 Å². The first-order valence-corrected chi connectivity index (χ1v) is 8.66. The fraction of sp³-hybridized carbons (Fsp3) is 0.571. The second kappa shape index (κ2) is 7.74. The predicted octanol–water partition coefficient (Wildman–Crippen LogP) is 0.432. The zero-order valence-electron chi connectivity index (χ0n) is 12.0. The third-order valence-corrected chi connectivity index (χ3v) is 4.89. The molecule has 0 unspecified atom stereocenters. The van der Waals surface area contributed by atoms with E-state index < -0.39 is 10.0 Å². The van der Waals surface area contributed by atoms with Crippen molar-refractivity contribution < 1.29 is 18.3 Å². The van der Waals surface area contributed by atoms with Crippen LogP contribution >= 0.6 is 0 Å². The van der Waals surface area contributed by atoms with Crippen molar-refractivity contribution in [2.75, 3.05) is 39.4 Å². The Morgan fingerprint density at radius 3 is 2.48 bits per heavy atom. The van der Waals surface area contributed by atoms with Crippen LogP contribution in [0.2, 0.25) is 0 Å². The number of ether oxygens (including phenoxy) is 1. The van der Waals surface area contributed by atoms with E-state index in [1.807, 2.05) is 0 Å². The summed E-state index contributed by atoms with van der Waals surface area (Å²) in [5.74, 6) is 0.542. The molecule has 2 rings (SSSR count). The maximum absolute atomic E-state index is 12.1. The van der Waals surface area contributed by atoms with Crippen molar-refractivity contribution in [3.05, 3.63) is 24.3 Å². The molecule has 0 radical (unpaired) electrons. The molecule has 0 saturated carbocycles. The Hall–Kier alpha value is -1.15. The van der Waals surface area contributed by atoms with E-state index in [9.17, 15) is 8.42 Å². The van der Waals surface area contributed by atoms with Crippen molar-refractivity contribution in [3.63, 3.8) is 0 Å². The van der Waals surface area contributed by atoms with E-state index in [-0.39, 0.29) is 18.1 Å². The molecule has 0 aromatic heterocycles. The van der Waals surface area contributed by atoms with E-state index in [0.29, 0.717) is 12.3 Å². The highest BCUT2D eigenvalue weighted by molar-refractivity contribution is 7.89. The van der Waals surface area contributed by atoms with Crippen LogP contribution in [-0.2, 0) is 10.0 Å². The van der Waals surface area contributed by atoms with Gasteiger partial charge in [-0.05, 0) is 50.2 Å². The lowest BCUT2D eigenvalue weighted by molar-refractivity contribution is 0.201. The van der Waals surface area contributed by atoms with Crippen molar-refractivity contribution in [2.45, 2.75) is 17.7 Å². The van der Waals surface area contributed by atoms with Crippen LogP contribution in [-0.4, -0.2) is 57.8 Å². The molecule has 7 heteroatoms. The molecule has 6 nitrogen and oxygen atoms in total. The molecule has 118 valence electrons. The van der Waals surface area contributed by atoms with Gasteiger partial charge in [-0.2, -0.15) is 0 Å². The molecule has 1 aromatic carbocycles. The maximum Gasteiger partial charge on any atom is 0.240 e. The normalized spacial score (nSPS) is 16.2. The summed E-state index contributed by atoms with van der Waals surface area (Å²) in [7, 11) is -3.47. The van der Waals surface area contributed by atoms with Gasteiger partial charge in [-0.15, -0.1) is 0 Å². The van der Waals surface area contributed by atoms with Crippen molar-refractivity contribution in [3.8, 4) is 5.75 Å². The number of benzene rings is 1. The summed E-state index contributed by atoms with van der Waals surface area (Å²) >= 11 is 0. The highest BCUT2D eigenvalue weighted by atomic mass is 32.2. The first kappa shape index (κ1) is 16.2. The van der Waals surface area contributed by atoms with Gasteiger partial charge in [0.05, 0.1) is 11.5 Å². The summed E-state index contributed by atoms with van der Waals surface area (Å²) < 4.78 is 32.1. The maximum atomic E-state index is 12.1. The van der Waals surface area contributed by atoms with Gasteiger partial charge in [-0.3, -0.25) is 0 Å². The Morgan fingerprint density at radius 2 is 1.86 bits per heavy atom. The van der Waals surface area contributed by atoms with Crippen LogP contribution in [0.4, 0.5) is 0 Å². The second-order valence-corrected chi connectivity index (χ2v) is 6.76. The van der Waals surface area contributed by atoms with E-state index in [4.69, 9.17) is 9.84 Å². The number of aliphatic hydroxyl groups is 1. The molecule has 1 fully saturated rings. The Bertz CT molecular complexity index is 524. The molecule has 1 aromatic rings. The molecule has 0 bridgehead atoms. The quantitative estimate of drug-likeness (QED) is 0.727. The van der Waals surface area contributed by atoms with Gasteiger partial charge >= 0.3 is 0 Å². The highest BCUT2D eigenvalue weighted by Crippen LogP contribution is 2.15. The lowest BCUT2D eigenvalue weighted by Gasteiger charge is -2.15. The SMILES string of the molecule is O=S(=O)(NCCN1CCCC1)c1ccc(OCCO)cc1. The molecule has 2 N–H and O–H groups in total. The van der Waals surface area contributed by atoms with Gasteiger partial charge in [-0.25, -0.2) is 13.1 Å². The number of rotatable bonds is 8. The Labute approximate surface area is 125 Å². The molecular formula is C14H22N2O4S. The topological polar surface area (TPSA) is 78.9 Å². The molecule has 0 spiro atoms. The standard InChI is InChI=1S/C14H22N2O4S/c17-11-12-20-13-3-5-14(6-4-13)21(18,19)15-7-10-16-8-1-2-9-16/h3-6,15,17H,1-2,7-12H2. The number of nitrogens with zero attached hydrogens (tertiary/aromatic N) is 1. The van der Waals surface area contributed by atoms with Crippen molar-refractivity contribution >= 4 is 10.0 Å². The predicted molar refractivity (Wildman–Crippen MR) is 79.9 cm³/mol. The van der Waals surface area contributed by atoms with Gasteiger partial charge < -0.3 is 14.7 Å². The minimum absolute atomic E-state index is 0.0713. The Morgan fingerprint density at radius 1 is 1.19 bits per heavy atom. The number of sulfonamides is 1. The molecule has 0 aliphatic carbocycles. The Kier molecular flexibility index (Phi) is 5.98. The number of likely N-dealkylation sites (tertiary alicyclic amines) is 1. The smallest absolute Gasteiger partial charge is 0.240 e. The summed E-state index contributed by atoms with van der Waals surface area (Å²) in [6.07, 6.45) is 2.39. The minimum Gasteiger partial charge on any atom is -0.491 e. The molecule has 0 atom stereocenters. The monoisotopic (exact) mass is 314 g/mol. The number of hydrogen-bond acceptors (Lipinski definition) is 5. The van der Waals surface area contributed by atoms with E-state index >= 15 is 0 Å². The highest BCUT2D eigenvalue weighted by Gasteiger charge is 2.15. The third kappa shape index (κ3) is 4.96. The van der Waals surface area contributed by atoms with E-state index in [2.05, 4.69) is 9.62 Å². The molecule has 0 amide bonds. The van der Waals surface area contributed by atoms with Gasteiger partial charge in [0.1, 0.15) is 12.4 Å². The largest absolute Gasteiger partial charge is 0.491 e. The Balaban J connectivity index is 1.85. The van der Waals surface area contributed by atoms with Crippen LogP contribution in [0.5, 0.6) is 5.75 Å². The zero-order chi connectivity index (χ0) is 15.1. The van der Waals surface area contributed by atoms with Crippen LogP contribution in [0.15, 0.2) is 29.2 Å². The first-order valence-electron chi connectivity index (χ1n) is 7.17.